The van der Waals surface area contributed by atoms with Gasteiger partial charge in [-0.1, -0.05) is 0 Å². The second kappa shape index (κ2) is 4.43. The molecule has 68 valence electrons. The average molecular weight is 211 g/mol. The van der Waals surface area contributed by atoms with Crippen LogP contribution in [0.1, 0.15) is 5.56 Å². The van der Waals surface area contributed by atoms with Crippen molar-refractivity contribution in [3.8, 4) is 0 Å². The zero-order valence-corrected chi connectivity index (χ0v) is 7.30. The summed E-state index contributed by atoms with van der Waals surface area (Å²) in [4.78, 5) is -0.130. The van der Waals surface area contributed by atoms with E-state index in [0.717, 1.165) is 0 Å². The third kappa shape index (κ3) is 3.28. The fraction of sp³-hybridized carbons (Fsp3) is 0.143. The normalized spacial score (nSPS) is 10.6. The number of rotatable bonds is 1. The summed E-state index contributed by atoms with van der Waals surface area (Å²) in [6.45, 7) is 1.67. The Labute approximate surface area is 99.2 Å². The van der Waals surface area contributed by atoms with Gasteiger partial charge in [0.05, 0.1) is 4.90 Å². The van der Waals surface area contributed by atoms with Gasteiger partial charge in [-0.3, -0.25) is 4.55 Å². The summed E-state index contributed by atoms with van der Waals surface area (Å²) in [5.41, 5.74) is 6.59. The number of hydrogen-bond donors (Lipinski definition) is 2. The number of nitrogens with two attached hydrogens (primary N) is 1. The van der Waals surface area contributed by atoms with Gasteiger partial charge in [0.15, 0.2) is 0 Å². The van der Waals surface area contributed by atoms with Crippen LogP contribution in [0.4, 0.5) is 5.69 Å². The van der Waals surface area contributed by atoms with Gasteiger partial charge in [-0.15, -0.1) is 0 Å². The summed E-state index contributed by atoms with van der Waals surface area (Å²) in [6, 6.07) is 4.03. The minimum atomic E-state index is -4.10. The molecule has 0 aliphatic rings. The molecule has 0 aliphatic carbocycles. The molecule has 4 nitrogen and oxygen atoms in total. The summed E-state index contributed by atoms with van der Waals surface area (Å²) in [7, 11) is -4.10. The molecule has 0 amide bonds. The molecule has 0 aromatic heterocycles. The van der Waals surface area contributed by atoms with Crippen LogP contribution in [0.15, 0.2) is 23.1 Å². The molecule has 1 rings (SSSR count). The first-order valence-electron chi connectivity index (χ1n) is 3.25. The van der Waals surface area contributed by atoms with Crippen LogP contribution in [0.3, 0.4) is 0 Å². The Bertz CT molecular complexity index is 402. The van der Waals surface area contributed by atoms with Gasteiger partial charge < -0.3 is 5.73 Å². The van der Waals surface area contributed by atoms with Crippen molar-refractivity contribution >= 4 is 45.4 Å². The van der Waals surface area contributed by atoms with Crippen molar-refractivity contribution in [2.24, 2.45) is 0 Å². The minimum absolute atomic E-state index is 0. The SMILES string of the molecule is Cc1cc(S(=O)(=O)O)ccc1N.[NaH]. The maximum absolute atomic E-state index is 10.6. The Morgan fingerprint density at radius 2 is 1.92 bits per heavy atom. The Kier molecular flexibility index (Phi) is 4.41. The molecular weight excluding hydrogens is 201 g/mol. The maximum atomic E-state index is 10.6. The first-order valence-corrected chi connectivity index (χ1v) is 4.69. The number of nitrogen functional groups attached to an aromatic ring is 1. The first kappa shape index (κ1) is 12.9. The molecule has 1 aromatic rings. The van der Waals surface area contributed by atoms with Gasteiger partial charge in [0, 0.05) is 5.69 Å². The van der Waals surface area contributed by atoms with Crippen molar-refractivity contribution in [1.82, 2.24) is 0 Å². The molecular formula is C7H10NNaO3S. The molecule has 0 fully saturated rings. The Hall–Kier alpha value is -0.0700. The van der Waals surface area contributed by atoms with Crippen molar-refractivity contribution in [3.63, 3.8) is 0 Å². The fourth-order valence-electron chi connectivity index (χ4n) is 0.809. The summed E-state index contributed by atoms with van der Waals surface area (Å²) >= 11 is 0. The van der Waals surface area contributed by atoms with Crippen molar-refractivity contribution < 1.29 is 13.0 Å². The zero-order chi connectivity index (χ0) is 9.35. The second-order valence-electron chi connectivity index (χ2n) is 2.49. The average Bonchev–Trinajstić information content (AvgIpc) is 1.92. The van der Waals surface area contributed by atoms with Gasteiger partial charge in [0.1, 0.15) is 0 Å². The monoisotopic (exact) mass is 211 g/mol. The summed E-state index contributed by atoms with van der Waals surface area (Å²) in [5.74, 6) is 0. The second-order valence-corrected chi connectivity index (χ2v) is 3.91. The van der Waals surface area contributed by atoms with E-state index in [-0.39, 0.29) is 34.5 Å². The van der Waals surface area contributed by atoms with Crippen molar-refractivity contribution in [3.05, 3.63) is 23.8 Å². The van der Waals surface area contributed by atoms with E-state index in [1.165, 1.54) is 18.2 Å². The van der Waals surface area contributed by atoms with E-state index in [1.54, 1.807) is 6.92 Å². The van der Waals surface area contributed by atoms with Gasteiger partial charge in [-0.05, 0) is 30.7 Å². The molecule has 0 unspecified atom stereocenters. The number of anilines is 1. The van der Waals surface area contributed by atoms with Crippen molar-refractivity contribution in [2.75, 3.05) is 5.73 Å². The van der Waals surface area contributed by atoms with E-state index in [9.17, 15) is 8.42 Å². The topological polar surface area (TPSA) is 80.4 Å². The van der Waals surface area contributed by atoms with Crippen LogP contribution in [0.5, 0.6) is 0 Å². The molecule has 3 N–H and O–H groups in total. The van der Waals surface area contributed by atoms with Crippen LogP contribution < -0.4 is 5.73 Å². The van der Waals surface area contributed by atoms with Crippen LogP contribution in [-0.4, -0.2) is 42.5 Å². The molecule has 13 heavy (non-hydrogen) atoms. The van der Waals surface area contributed by atoms with Gasteiger partial charge in [0.25, 0.3) is 10.1 Å². The van der Waals surface area contributed by atoms with E-state index in [2.05, 4.69) is 0 Å². The first-order chi connectivity index (χ1) is 5.41. The van der Waals surface area contributed by atoms with E-state index in [1.807, 2.05) is 0 Å². The van der Waals surface area contributed by atoms with Crippen molar-refractivity contribution in [2.45, 2.75) is 11.8 Å². The Morgan fingerprint density at radius 3 is 2.31 bits per heavy atom. The van der Waals surface area contributed by atoms with Crippen LogP contribution in [0, 0.1) is 6.92 Å². The zero-order valence-electron chi connectivity index (χ0n) is 6.48. The van der Waals surface area contributed by atoms with E-state index in [0.29, 0.717) is 11.3 Å². The molecule has 0 atom stereocenters. The molecule has 1 aromatic carbocycles. The molecule has 0 aliphatic heterocycles. The standard InChI is InChI=1S/C7H9NO3S.Na.H/c1-5-4-6(12(9,10)11)2-3-7(5)8;;/h2-4H,8H2,1H3,(H,9,10,11);;. The number of hydrogen-bond acceptors (Lipinski definition) is 3. The van der Waals surface area contributed by atoms with Gasteiger partial charge in [-0.2, -0.15) is 8.42 Å². The molecule has 0 heterocycles. The molecule has 6 heteroatoms. The quantitative estimate of drug-likeness (QED) is 0.394. The summed E-state index contributed by atoms with van der Waals surface area (Å²) in [5, 5.41) is 0. The number of aryl methyl sites for hydroxylation is 1. The molecule has 0 radical (unpaired) electrons. The molecule has 0 saturated heterocycles. The molecule has 0 spiro atoms. The van der Waals surface area contributed by atoms with Crippen LogP contribution in [0.25, 0.3) is 0 Å². The predicted molar refractivity (Wildman–Crippen MR) is 52.6 cm³/mol. The molecule has 0 saturated carbocycles. The van der Waals surface area contributed by atoms with Crippen LogP contribution in [-0.2, 0) is 10.1 Å². The summed E-state index contributed by atoms with van der Waals surface area (Å²) < 4.78 is 29.9. The molecule has 0 bridgehead atoms. The number of benzene rings is 1. The third-order valence-electron chi connectivity index (χ3n) is 1.54. The van der Waals surface area contributed by atoms with Crippen LogP contribution >= 0.6 is 0 Å². The fourth-order valence-corrected chi connectivity index (χ4v) is 1.37. The van der Waals surface area contributed by atoms with Crippen LogP contribution in [0.2, 0.25) is 0 Å². The predicted octanol–water partition coefficient (Wildman–Crippen LogP) is 0.175. The Balaban J connectivity index is 0.00000144. The van der Waals surface area contributed by atoms with Gasteiger partial charge >= 0.3 is 29.6 Å². The van der Waals surface area contributed by atoms with Gasteiger partial charge in [0.2, 0.25) is 0 Å². The van der Waals surface area contributed by atoms with E-state index in [4.69, 9.17) is 10.3 Å². The Morgan fingerprint density at radius 1 is 1.38 bits per heavy atom. The van der Waals surface area contributed by atoms with Crippen molar-refractivity contribution in [1.29, 1.82) is 0 Å². The van der Waals surface area contributed by atoms with E-state index < -0.39 is 10.1 Å². The van der Waals surface area contributed by atoms with Gasteiger partial charge in [-0.25, -0.2) is 0 Å². The summed E-state index contributed by atoms with van der Waals surface area (Å²) in [6.07, 6.45) is 0. The third-order valence-corrected chi connectivity index (χ3v) is 2.39. The van der Waals surface area contributed by atoms with E-state index >= 15 is 0 Å².